The minimum Gasteiger partial charge on any atom is -0.497 e. The molecule has 0 aliphatic rings. The molecule has 0 saturated carbocycles. The molecule has 0 spiro atoms. The Morgan fingerprint density at radius 2 is 1.96 bits per heavy atom. The molecule has 0 fully saturated rings. The summed E-state index contributed by atoms with van der Waals surface area (Å²) in [6.45, 7) is 4.02. The van der Waals surface area contributed by atoms with Gasteiger partial charge >= 0.3 is 0 Å². The van der Waals surface area contributed by atoms with Crippen LogP contribution < -0.4 is 19.6 Å². The predicted molar refractivity (Wildman–Crippen MR) is 109 cm³/mol. The normalized spacial score (nSPS) is 10.4. The van der Waals surface area contributed by atoms with E-state index in [1.54, 1.807) is 56.8 Å². The minimum absolute atomic E-state index is 0.309. The van der Waals surface area contributed by atoms with Crippen LogP contribution >= 0.6 is 22.6 Å². The number of halogens is 1. The van der Waals surface area contributed by atoms with Crippen LogP contribution in [0.15, 0.2) is 54.2 Å². The number of amides is 1. The quantitative estimate of drug-likeness (QED) is 0.279. The SMILES string of the molecule is C=CCOc1c(I)cc(/C=N\NC(=O)c2ccc(OC)cc2)cc1OC. The van der Waals surface area contributed by atoms with Crippen molar-refractivity contribution in [2.45, 2.75) is 0 Å². The molecule has 0 atom stereocenters. The van der Waals surface area contributed by atoms with Gasteiger partial charge in [0, 0.05) is 5.56 Å². The summed E-state index contributed by atoms with van der Waals surface area (Å²) in [6.07, 6.45) is 3.21. The van der Waals surface area contributed by atoms with E-state index in [4.69, 9.17) is 14.2 Å². The van der Waals surface area contributed by atoms with Crippen LogP contribution in [0.3, 0.4) is 0 Å². The maximum absolute atomic E-state index is 12.1. The number of nitrogens with one attached hydrogen (secondary N) is 1. The van der Waals surface area contributed by atoms with E-state index in [1.165, 1.54) is 0 Å². The third-order valence-electron chi connectivity index (χ3n) is 3.33. The summed E-state index contributed by atoms with van der Waals surface area (Å²) in [5, 5.41) is 4.00. The second-order valence-electron chi connectivity index (χ2n) is 5.06. The maximum Gasteiger partial charge on any atom is 0.271 e. The Labute approximate surface area is 166 Å². The Hall–Kier alpha value is -2.55. The largest absolute Gasteiger partial charge is 0.497 e. The zero-order valence-electron chi connectivity index (χ0n) is 14.5. The number of rotatable bonds is 8. The first kappa shape index (κ1) is 19.8. The van der Waals surface area contributed by atoms with Crippen LogP contribution in [0.1, 0.15) is 15.9 Å². The highest BCUT2D eigenvalue weighted by molar-refractivity contribution is 14.1. The predicted octanol–water partition coefficient (Wildman–Crippen LogP) is 3.64. The van der Waals surface area contributed by atoms with Gasteiger partial charge in [0.1, 0.15) is 12.4 Å². The van der Waals surface area contributed by atoms with Crippen molar-refractivity contribution in [1.29, 1.82) is 0 Å². The Kier molecular flexibility index (Phi) is 7.46. The molecule has 136 valence electrons. The van der Waals surface area contributed by atoms with Crippen LogP contribution in [0.2, 0.25) is 0 Å². The van der Waals surface area contributed by atoms with Gasteiger partial charge in [-0.05, 0) is 64.6 Å². The lowest BCUT2D eigenvalue weighted by molar-refractivity contribution is 0.0955. The molecule has 0 aliphatic carbocycles. The molecule has 1 amide bonds. The Bertz CT molecular complexity index is 804. The summed E-state index contributed by atoms with van der Waals surface area (Å²) >= 11 is 2.16. The van der Waals surface area contributed by atoms with E-state index in [0.717, 1.165) is 9.13 Å². The first-order valence-corrected chi connectivity index (χ1v) is 8.75. The van der Waals surface area contributed by atoms with Crippen molar-refractivity contribution in [3.05, 3.63) is 63.8 Å². The number of ether oxygens (including phenoxy) is 3. The molecular formula is C19H19IN2O4. The monoisotopic (exact) mass is 466 g/mol. The van der Waals surface area contributed by atoms with E-state index in [2.05, 4.69) is 39.7 Å². The van der Waals surface area contributed by atoms with Crippen LogP contribution in [-0.2, 0) is 0 Å². The molecule has 0 aliphatic heterocycles. The average molecular weight is 466 g/mol. The number of hydrogen-bond donors (Lipinski definition) is 1. The van der Waals surface area contributed by atoms with Crippen LogP contribution in [-0.4, -0.2) is 32.9 Å². The van der Waals surface area contributed by atoms with E-state index in [1.807, 2.05) is 6.07 Å². The molecule has 2 rings (SSSR count). The van der Waals surface area contributed by atoms with Crippen LogP contribution in [0, 0.1) is 3.57 Å². The molecule has 0 saturated heterocycles. The Balaban J connectivity index is 2.08. The summed E-state index contributed by atoms with van der Waals surface area (Å²) < 4.78 is 16.9. The van der Waals surface area contributed by atoms with Crippen molar-refractivity contribution >= 4 is 34.7 Å². The van der Waals surface area contributed by atoms with Crippen molar-refractivity contribution in [3.63, 3.8) is 0 Å². The Morgan fingerprint density at radius 3 is 2.58 bits per heavy atom. The van der Waals surface area contributed by atoms with Crippen LogP contribution in [0.5, 0.6) is 17.2 Å². The maximum atomic E-state index is 12.1. The van der Waals surface area contributed by atoms with Crippen LogP contribution in [0.4, 0.5) is 0 Å². The van der Waals surface area contributed by atoms with Gasteiger partial charge in [-0.15, -0.1) is 0 Å². The lowest BCUT2D eigenvalue weighted by atomic mass is 10.2. The van der Waals surface area contributed by atoms with Gasteiger partial charge in [0.05, 0.1) is 24.0 Å². The highest BCUT2D eigenvalue weighted by Crippen LogP contribution is 2.33. The number of methoxy groups -OCH3 is 2. The van der Waals surface area contributed by atoms with E-state index in [0.29, 0.717) is 29.4 Å². The minimum atomic E-state index is -0.309. The smallest absolute Gasteiger partial charge is 0.271 e. The number of carbonyl (C=O) groups excluding carboxylic acids is 1. The zero-order valence-corrected chi connectivity index (χ0v) is 16.6. The fourth-order valence-electron chi connectivity index (χ4n) is 2.07. The molecule has 0 unspecified atom stereocenters. The summed E-state index contributed by atoms with van der Waals surface area (Å²) in [5.41, 5.74) is 3.75. The van der Waals surface area contributed by atoms with Crippen molar-refractivity contribution in [2.75, 3.05) is 20.8 Å². The lowest BCUT2D eigenvalue weighted by Crippen LogP contribution is -2.17. The second-order valence-corrected chi connectivity index (χ2v) is 6.22. The van der Waals surface area contributed by atoms with Crippen molar-refractivity contribution < 1.29 is 19.0 Å². The van der Waals surface area contributed by atoms with E-state index in [-0.39, 0.29) is 5.91 Å². The van der Waals surface area contributed by atoms with Crippen molar-refractivity contribution in [3.8, 4) is 17.2 Å². The molecule has 0 aromatic heterocycles. The zero-order chi connectivity index (χ0) is 18.9. The topological polar surface area (TPSA) is 69.2 Å². The third-order valence-corrected chi connectivity index (χ3v) is 4.13. The van der Waals surface area contributed by atoms with Gasteiger partial charge in [-0.25, -0.2) is 5.43 Å². The number of nitrogens with zero attached hydrogens (tertiary/aromatic N) is 1. The van der Waals surface area contributed by atoms with E-state index in [9.17, 15) is 4.79 Å². The van der Waals surface area contributed by atoms with Crippen LogP contribution in [0.25, 0.3) is 0 Å². The highest BCUT2D eigenvalue weighted by Gasteiger charge is 2.11. The second kappa shape index (κ2) is 9.81. The summed E-state index contributed by atoms with van der Waals surface area (Å²) in [7, 11) is 3.14. The molecule has 0 radical (unpaired) electrons. The molecule has 2 aromatic carbocycles. The molecule has 26 heavy (non-hydrogen) atoms. The van der Waals surface area contributed by atoms with Gasteiger partial charge < -0.3 is 14.2 Å². The molecular weight excluding hydrogens is 447 g/mol. The van der Waals surface area contributed by atoms with Gasteiger partial charge in [-0.2, -0.15) is 5.10 Å². The highest BCUT2D eigenvalue weighted by atomic mass is 127. The van der Waals surface area contributed by atoms with Crippen molar-refractivity contribution in [1.82, 2.24) is 5.43 Å². The van der Waals surface area contributed by atoms with Crippen molar-refractivity contribution in [2.24, 2.45) is 5.10 Å². The molecule has 0 heterocycles. The number of carbonyl (C=O) groups is 1. The molecule has 2 aromatic rings. The standard InChI is InChI=1S/C19H19IN2O4/c1-4-9-26-18-16(20)10-13(11-17(18)25-3)12-21-22-19(23)14-5-7-15(24-2)8-6-14/h4-8,10-12H,1,9H2,2-3H3,(H,22,23)/b21-12-. The molecule has 6 nitrogen and oxygen atoms in total. The lowest BCUT2D eigenvalue weighted by Gasteiger charge is -2.12. The third kappa shape index (κ3) is 5.22. The fraction of sp³-hybridized carbons (Fsp3) is 0.158. The summed E-state index contributed by atoms with van der Waals surface area (Å²) in [5.74, 6) is 1.61. The van der Waals surface area contributed by atoms with E-state index >= 15 is 0 Å². The molecule has 0 bridgehead atoms. The summed E-state index contributed by atoms with van der Waals surface area (Å²) in [4.78, 5) is 12.1. The van der Waals surface area contributed by atoms with Gasteiger partial charge in [-0.1, -0.05) is 12.7 Å². The first-order valence-electron chi connectivity index (χ1n) is 7.67. The van der Waals surface area contributed by atoms with E-state index < -0.39 is 0 Å². The molecule has 7 heteroatoms. The first-order chi connectivity index (χ1) is 12.6. The van der Waals surface area contributed by atoms with Gasteiger partial charge in [0.15, 0.2) is 11.5 Å². The number of hydrazone groups is 1. The average Bonchev–Trinajstić information content (AvgIpc) is 2.66. The number of hydrogen-bond acceptors (Lipinski definition) is 5. The van der Waals surface area contributed by atoms with Gasteiger partial charge in [0.25, 0.3) is 5.91 Å². The Morgan fingerprint density at radius 1 is 1.23 bits per heavy atom. The number of benzene rings is 2. The molecule has 1 N–H and O–H groups in total. The van der Waals surface area contributed by atoms with Gasteiger partial charge in [0.2, 0.25) is 0 Å². The van der Waals surface area contributed by atoms with Gasteiger partial charge in [-0.3, -0.25) is 4.79 Å². The fourth-order valence-corrected chi connectivity index (χ4v) is 2.85. The summed E-state index contributed by atoms with van der Waals surface area (Å²) in [6, 6.07) is 10.4.